The second-order valence-corrected chi connectivity index (χ2v) is 4.49. The van der Waals surface area contributed by atoms with Gasteiger partial charge in [0.05, 0.1) is 5.69 Å². The van der Waals surface area contributed by atoms with Gasteiger partial charge in [-0.15, -0.1) is 0 Å². The van der Waals surface area contributed by atoms with E-state index in [4.69, 9.17) is 0 Å². The Hall–Kier alpha value is -2.03. The maximum absolute atomic E-state index is 11.9. The number of rotatable bonds is 2. The number of amides is 1. The van der Waals surface area contributed by atoms with E-state index in [9.17, 15) is 10.1 Å². The van der Waals surface area contributed by atoms with Crippen LogP contribution in [-0.2, 0) is 11.8 Å². The normalized spacial score (nSPS) is 18.8. The van der Waals surface area contributed by atoms with Crippen molar-refractivity contribution in [3.8, 4) is 6.07 Å². The van der Waals surface area contributed by atoms with E-state index in [1.165, 1.54) is 0 Å². The van der Waals surface area contributed by atoms with Crippen molar-refractivity contribution in [2.75, 3.05) is 18.5 Å². The molecule has 1 saturated heterocycles. The molecule has 0 aromatic carbocycles. The van der Waals surface area contributed by atoms with Crippen molar-refractivity contribution in [2.24, 2.45) is 7.05 Å². The van der Waals surface area contributed by atoms with Gasteiger partial charge in [-0.1, -0.05) is 0 Å². The predicted molar refractivity (Wildman–Crippen MR) is 67.1 cm³/mol. The molecule has 1 aliphatic rings. The summed E-state index contributed by atoms with van der Waals surface area (Å²) in [5.41, 5.74) is 1.27. The SMILES string of the molecule is CNC(=O)C1CCCN1c1c(C#N)c(C)nn1C. The molecule has 1 unspecified atom stereocenters. The van der Waals surface area contributed by atoms with Crippen molar-refractivity contribution in [2.45, 2.75) is 25.8 Å². The van der Waals surface area contributed by atoms with Crippen molar-refractivity contribution >= 4 is 11.7 Å². The molecule has 0 saturated carbocycles. The molecule has 18 heavy (non-hydrogen) atoms. The Morgan fingerprint density at radius 1 is 1.61 bits per heavy atom. The Labute approximate surface area is 106 Å². The van der Waals surface area contributed by atoms with Crippen LogP contribution in [0.15, 0.2) is 0 Å². The van der Waals surface area contributed by atoms with Crippen LogP contribution in [0.1, 0.15) is 24.1 Å². The summed E-state index contributed by atoms with van der Waals surface area (Å²) < 4.78 is 1.69. The van der Waals surface area contributed by atoms with Crippen LogP contribution < -0.4 is 10.2 Å². The Kier molecular flexibility index (Phi) is 3.24. The van der Waals surface area contributed by atoms with E-state index in [1.54, 1.807) is 11.7 Å². The number of likely N-dealkylation sites (N-methyl/N-ethyl adjacent to an activating group) is 1. The van der Waals surface area contributed by atoms with Crippen LogP contribution >= 0.6 is 0 Å². The van der Waals surface area contributed by atoms with Gasteiger partial charge in [0, 0.05) is 20.6 Å². The van der Waals surface area contributed by atoms with Crippen molar-refractivity contribution in [3.05, 3.63) is 11.3 Å². The highest BCUT2D eigenvalue weighted by molar-refractivity contribution is 5.85. The molecule has 2 rings (SSSR count). The van der Waals surface area contributed by atoms with E-state index in [1.807, 2.05) is 18.9 Å². The first-order valence-electron chi connectivity index (χ1n) is 6.02. The molecule has 1 aromatic heterocycles. The smallest absolute Gasteiger partial charge is 0.242 e. The van der Waals surface area contributed by atoms with Crippen LogP contribution in [0.3, 0.4) is 0 Å². The molecule has 1 fully saturated rings. The average molecular weight is 247 g/mol. The number of aromatic nitrogens is 2. The summed E-state index contributed by atoms with van der Waals surface area (Å²) >= 11 is 0. The molecule has 6 nitrogen and oxygen atoms in total. The fraction of sp³-hybridized carbons (Fsp3) is 0.583. The molecular weight excluding hydrogens is 230 g/mol. The molecule has 0 bridgehead atoms. The lowest BCUT2D eigenvalue weighted by molar-refractivity contribution is -0.121. The number of anilines is 1. The van der Waals surface area contributed by atoms with Crippen LogP contribution in [0, 0.1) is 18.3 Å². The Morgan fingerprint density at radius 2 is 2.33 bits per heavy atom. The lowest BCUT2D eigenvalue weighted by atomic mass is 10.2. The number of nitrogens with zero attached hydrogens (tertiary/aromatic N) is 4. The number of hydrogen-bond donors (Lipinski definition) is 1. The molecule has 1 amide bonds. The molecule has 0 aliphatic carbocycles. The van der Waals surface area contributed by atoms with E-state index in [0.717, 1.165) is 25.2 Å². The molecular formula is C12H17N5O. The van der Waals surface area contributed by atoms with Gasteiger partial charge in [-0.3, -0.25) is 9.48 Å². The van der Waals surface area contributed by atoms with Crippen molar-refractivity contribution in [3.63, 3.8) is 0 Å². The van der Waals surface area contributed by atoms with Crippen LogP contribution in [-0.4, -0.2) is 35.3 Å². The van der Waals surface area contributed by atoms with Crippen LogP contribution in [0.5, 0.6) is 0 Å². The van der Waals surface area contributed by atoms with E-state index < -0.39 is 0 Å². The number of carbonyl (C=O) groups excluding carboxylic acids is 1. The van der Waals surface area contributed by atoms with Gasteiger partial charge in [-0.2, -0.15) is 10.4 Å². The minimum atomic E-state index is -0.197. The van der Waals surface area contributed by atoms with Gasteiger partial charge in [-0.05, 0) is 19.8 Å². The third-order valence-electron chi connectivity index (χ3n) is 3.38. The van der Waals surface area contributed by atoms with E-state index in [-0.39, 0.29) is 11.9 Å². The van der Waals surface area contributed by atoms with Gasteiger partial charge in [0.15, 0.2) is 0 Å². The predicted octanol–water partition coefficient (Wildman–Crippen LogP) is 0.315. The highest BCUT2D eigenvalue weighted by Gasteiger charge is 2.34. The van der Waals surface area contributed by atoms with Crippen LogP contribution in [0.25, 0.3) is 0 Å². The minimum absolute atomic E-state index is 0.00440. The molecule has 0 radical (unpaired) electrons. The number of hydrogen-bond acceptors (Lipinski definition) is 4. The molecule has 1 atom stereocenters. The zero-order valence-electron chi connectivity index (χ0n) is 10.9. The maximum Gasteiger partial charge on any atom is 0.242 e. The van der Waals surface area contributed by atoms with Gasteiger partial charge in [-0.25, -0.2) is 0 Å². The van der Waals surface area contributed by atoms with Crippen molar-refractivity contribution < 1.29 is 4.79 Å². The fourth-order valence-corrected chi connectivity index (χ4v) is 2.57. The first-order valence-corrected chi connectivity index (χ1v) is 6.02. The Morgan fingerprint density at radius 3 is 2.94 bits per heavy atom. The van der Waals surface area contributed by atoms with Gasteiger partial charge in [0.2, 0.25) is 5.91 Å². The molecule has 6 heteroatoms. The third-order valence-corrected chi connectivity index (χ3v) is 3.38. The standard InChI is InChI=1S/C12H17N5O/c1-8-9(7-13)12(16(3)15-8)17-6-4-5-10(17)11(18)14-2/h10H,4-6H2,1-3H3,(H,14,18). The van der Waals surface area contributed by atoms with Gasteiger partial charge >= 0.3 is 0 Å². The quantitative estimate of drug-likeness (QED) is 0.816. The largest absolute Gasteiger partial charge is 0.357 e. The summed E-state index contributed by atoms with van der Waals surface area (Å²) in [7, 11) is 3.45. The van der Waals surface area contributed by atoms with E-state index in [0.29, 0.717) is 11.3 Å². The van der Waals surface area contributed by atoms with Crippen LogP contribution in [0.2, 0.25) is 0 Å². The molecule has 1 N–H and O–H groups in total. The van der Waals surface area contributed by atoms with Crippen molar-refractivity contribution in [1.82, 2.24) is 15.1 Å². The van der Waals surface area contributed by atoms with E-state index in [2.05, 4.69) is 16.5 Å². The Bertz CT molecular complexity index is 513. The van der Waals surface area contributed by atoms with Gasteiger partial charge < -0.3 is 10.2 Å². The monoisotopic (exact) mass is 247 g/mol. The fourth-order valence-electron chi connectivity index (χ4n) is 2.57. The minimum Gasteiger partial charge on any atom is -0.357 e. The molecule has 96 valence electrons. The summed E-state index contributed by atoms with van der Waals surface area (Å²) in [6, 6.07) is 1.99. The number of carbonyl (C=O) groups is 1. The summed E-state index contributed by atoms with van der Waals surface area (Å²) in [6.07, 6.45) is 1.77. The van der Waals surface area contributed by atoms with Crippen LogP contribution in [0.4, 0.5) is 5.82 Å². The summed E-state index contributed by atoms with van der Waals surface area (Å²) in [6.45, 7) is 2.60. The van der Waals surface area contributed by atoms with Gasteiger partial charge in [0.1, 0.15) is 23.5 Å². The number of nitriles is 1. The molecule has 0 spiro atoms. The van der Waals surface area contributed by atoms with E-state index >= 15 is 0 Å². The number of aryl methyl sites for hydroxylation is 2. The zero-order valence-corrected chi connectivity index (χ0v) is 10.9. The topological polar surface area (TPSA) is 74.0 Å². The summed E-state index contributed by atoms with van der Waals surface area (Å²) in [5.74, 6) is 0.747. The summed E-state index contributed by atoms with van der Waals surface area (Å²) in [5, 5.41) is 16.2. The first-order chi connectivity index (χ1) is 8.60. The summed E-state index contributed by atoms with van der Waals surface area (Å²) in [4.78, 5) is 13.8. The highest BCUT2D eigenvalue weighted by atomic mass is 16.2. The second kappa shape index (κ2) is 4.69. The highest BCUT2D eigenvalue weighted by Crippen LogP contribution is 2.29. The lowest BCUT2D eigenvalue weighted by Crippen LogP contribution is -2.43. The third kappa shape index (κ3) is 1.82. The lowest BCUT2D eigenvalue weighted by Gasteiger charge is -2.25. The van der Waals surface area contributed by atoms with Crippen molar-refractivity contribution in [1.29, 1.82) is 5.26 Å². The Balaban J connectivity index is 2.42. The first kappa shape index (κ1) is 12.4. The average Bonchev–Trinajstić information content (AvgIpc) is 2.91. The molecule has 1 aliphatic heterocycles. The second-order valence-electron chi connectivity index (χ2n) is 4.49. The molecule has 1 aromatic rings. The molecule has 2 heterocycles. The zero-order chi connectivity index (χ0) is 13.3. The van der Waals surface area contributed by atoms with Gasteiger partial charge in [0.25, 0.3) is 0 Å². The number of nitrogens with one attached hydrogen (secondary N) is 1. The maximum atomic E-state index is 11.9.